The van der Waals surface area contributed by atoms with Gasteiger partial charge in [-0.3, -0.25) is 0 Å². The third kappa shape index (κ3) is 2.85. The van der Waals surface area contributed by atoms with Crippen molar-refractivity contribution in [3.8, 4) is 17.2 Å². The van der Waals surface area contributed by atoms with Gasteiger partial charge in [0.15, 0.2) is 0 Å². The highest BCUT2D eigenvalue weighted by Gasteiger charge is 2.03. The van der Waals surface area contributed by atoms with Gasteiger partial charge in [0.2, 0.25) is 0 Å². The minimum absolute atomic E-state index is 0.137. The minimum Gasteiger partial charge on any atom is -0.507 e. The summed E-state index contributed by atoms with van der Waals surface area (Å²) in [5, 5.41) is 9.69. The molecule has 0 spiro atoms. The molecule has 0 radical (unpaired) electrons. The van der Waals surface area contributed by atoms with E-state index in [1.165, 1.54) is 6.07 Å². The first kappa shape index (κ1) is 12.1. The Morgan fingerprint density at radius 1 is 1.11 bits per heavy atom. The minimum atomic E-state index is 0.137. The molecule has 0 fully saturated rings. The van der Waals surface area contributed by atoms with Gasteiger partial charge < -0.3 is 20.3 Å². The number of rotatable bonds is 4. The van der Waals surface area contributed by atoms with Crippen LogP contribution in [0.5, 0.6) is 17.2 Å². The Balaban J connectivity index is 2.06. The molecule has 2 aromatic carbocycles. The van der Waals surface area contributed by atoms with Crippen molar-refractivity contribution >= 4 is 5.69 Å². The number of nitrogens with two attached hydrogens (primary N) is 1. The Labute approximate surface area is 106 Å². The van der Waals surface area contributed by atoms with E-state index in [1.54, 1.807) is 25.3 Å². The number of hydrogen-bond donors (Lipinski definition) is 2. The van der Waals surface area contributed by atoms with Gasteiger partial charge in [-0.25, -0.2) is 0 Å². The lowest BCUT2D eigenvalue weighted by atomic mass is 10.2. The molecule has 0 aromatic heterocycles. The molecule has 94 valence electrons. The van der Waals surface area contributed by atoms with Crippen LogP contribution in [0.15, 0.2) is 42.5 Å². The Bertz CT molecular complexity index is 540. The largest absolute Gasteiger partial charge is 0.507 e. The molecule has 4 nitrogen and oxygen atoms in total. The van der Waals surface area contributed by atoms with E-state index in [-0.39, 0.29) is 12.4 Å². The summed E-state index contributed by atoms with van der Waals surface area (Å²) in [6.07, 6.45) is 0. The van der Waals surface area contributed by atoms with Gasteiger partial charge in [-0.05, 0) is 24.3 Å². The van der Waals surface area contributed by atoms with Crippen molar-refractivity contribution in [2.75, 3.05) is 12.8 Å². The zero-order valence-electron chi connectivity index (χ0n) is 10.1. The van der Waals surface area contributed by atoms with Gasteiger partial charge in [0.25, 0.3) is 0 Å². The second-order valence-corrected chi connectivity index (χ2v) is 3.86. The van der Waals surface area contributed by atoms with Crippen LogP contribution in [0.2, 0.25) is 0 Å². The average molecular weight is 245 g/mol. The highest BCUT2D eigenvalue weighted by Crippen LogP contribution is 2.24. The summed E-state index contributed by atoms with van der Waals surface area (Å²) in [6.45, 7) is 0.277. The normalized spacial score (nSPS) is 10.1. The molecule has 0 heterocycles. The predicted molar refractivity (Wildman–Crippen MR) is 69.8 cm³/mol. The number of methoxy groups -OCH3 is 1. The fourth-order valence-corrected chi connectivity index (χ4v) is 1.55. The van der Waals surface area contributed by atoms with Gasteiger partial charge in [-0.15, -0.1) is 0 Å². The SMILES string of the molecule is COc1cccc(OCc2ccc(N)cc2O)c1. The standard InChI is InChI=1S/C14H15NO3/c1-17-12-3-2-4-13(8-12)18-9-10-5-6-11(15)7-14(10)16/h2-8,16H,9,15H2,1H3. The van der Waals surface area contributed by atoms with Crippen molar-refractivity contribution in [1.29, 1.82) is 0 Å². The fourth-order valence-electron chi connectivity index (χ4n) is 1.55. The maximum absolute atomic E-state index is 9.69. The number of ether oxygens (including phenoxy) is 2. The first-order chi connectivity index (χ1) is 8.69. The van der Waals surface area contributed by atoms with Crippen molar-refractivity contribution < 1.29 is 14.6 Å². The zero-order chi connectivity index (χ0) is 13.0. The van der Waals surface area contributed by atoms with Crippen LogP contribution in [0.25, 0.3) is 0 Å². The van der Waals surface area contributed by atoms with Crippen LogP contribution in [0.4, 0.5) is 5.69 Å². The quantitative estimate of drug-likeness (QED) is 0.812. The molecule has 0 aliphatic carbocycles. The summed E-state index contributed by atoms with van der Waals surface area (Å²) >= 11 is 0. The Morgan fingerprint density at radius 2 is 1.89 bits per heavy atom. The molecule has 0 saturated heterocycles. The predicted octanol–water partition coefficient (Wildman–Crippen LogP) is 2.56. The second kappa shape index (κ2) is 5.31. The van der Waals surface area contributed by atoms with E-state index in [0.717, 1.165) is 5.75 Å². The first-order valence-corrected chi connectivity index (χ1v) is 5.53. The van der Waals surface area contributed by atoms with Crippen LogP contribution in [-0.4, -0.2) is 12.2 Å². The molecule has 0 unspecified atom stereocenters. The molecule has 0 aliphatic rings. The van der Waals surface area contributed by atoms with Crippen LogP contribution < -0.4 is 15.2 Å². The van der Waals surface area contributed by atoms with Gasteiger partial charge in [0.1, 0.15) is 23.9 Å². The van der Waals surface area contributed by atoms with Crippen LogP contribution >= 0.6 is 0 Å². The highest BCUT2D eigenvalue weighted by molar-refractivity contribution is 5.47. The maximum atomic E-state index is 9.69. The van der Waals surface area contributed by atoms with E-state index in [2.05, 4.69) is 0 Å². The van der Waals surface area contributed by atoms with Crippen LogP contribution in [0.1, 0.15) is 5.56 Å². The number of benzene rings is 2. The maximum Gasteiger partial charge on any atom is 0.124 e. The van der Waals surface area contributed by atoms with Crippen LogP contribution in [0.3, 0.4) is 0 Å². The Hall–Kier alpha value is -2.36. The lowest BCUT2D eigenvalue weighted by Gasteiger charge is -2.09. The van der Waals surface area contributed by atoms with E-state index >= 15 is 0 Å². The van der Waals surface area contributed by atoms with Crippen molar-refractivity contribution in [1.82, 2.24) is 0 Å². The third-order valence-corrected chi connectivity index (χ3v) is 2.54. The topological polar surface area (TPSA) is 64.7 Å². The van der Waals surface area contributed by atoms with Crippen LogP contribution in [0, 0.1) is 0 Å². The summed E-state index contributed by atoms with van der Waals surface area (Å²) in [4.78, 5) is 0. The molecule has 4 heteroatoms. The molecule has 0 bridgehead atoms. The van der Waals surface area contributed by atoms with Gasteiger partial charge in [0.05, 0.1) is 7.11 Å². The van der Waals surface area contributed by atoms with E-state index in [0.29, 0.717) is 17.0 Å². The summed E-state index contributed by atoms with van der Waals surface area (Å²) in [7, 11) is 1.60. The molecule has 2 rings (SSSR count). The molecule has 0 amide bonds. The highest BCUT2D eigenvalue weighted by atomic mass is 16.5. The number of anilines is 1. The number of phenolic OH excluding ortho intramolecular Hbond substituents is 1. The molecule has 18 heavy (non-hydrogen) atoms. The fraction of sp³-hybridized carbons (Fsp3) is 0.143. The molecular formula is C14H15NO3. The van der Waals surface area contributed by atoms with Crippen molar-refractivity contribution in [3.63, 3.8) is 0 Å². The van der Waals surface area contributed by atoms with Gasteiger partial charge in [-0.2, -0.15) is 0 Å². The van der Waals surface area contributed by atoms with Crippen LogP contribution in [-0.2, 0) is 6.61 Å². The number of nitrogen functional groups attached to an aromatic ring is 1. The first-order valence-electron chi connectivity index (χ1n) is 5.53. The van der Waals surface area contributed by atoms with Crippen molar-refractivity contribution in [3.05, 3.63) is 48.0 Å². The molecule has 0 atom stereocenters. The molecule has 0 saturated carbocycles. The molecule has 0 aliphatic heterocycles. The number of phenols is 1. The van der Waals surface area contributed by atoms with E-state index < -0.39 is 0 Å². The average Bonchev–Trinajstić information content (AvgIpc) is 2.38. The zero-order valence-corrected chi connectivity index (χ0v) is 10.1. The third-order valence-electron chi connectivity index (χ3n) is 2.54. The summed E-state index contributed by atoms with van der Waals surface area (Å²) < 4.78 is 10.7. The molecular weight excluding hydrogens is 230 g/mol. The Morgan fingerprint density at radius 3 is 2.61 bits per heavy atom. The summed E-state index contributed by atoms with van der Waals surface area (Å²) in [6, 6.07) is 12.3. The van der Waals surface area contributed by atoms with E-state index in [4.69, 9.17) is 15.2 Å². The lowest BCUT2D eigenvalue weighted by molar-refractivity contribution is 0.297. The van der Waals surface area contributed by atoms with E-state index in [1.807, 2.05) is 18.2 Å². The Kier molecular flexibility index (Phi) is 3.57. The van der Waals surface area contributed by atoms with Crippen molar-refractivity contribution in [2.24, 2.45) is 0 Å². The van der Waals surface area contributed by atoms with Gasteiger partial charge >= 0.3 is 0 Å². The summed E-state index contributed by atoms with van der Waals surface area (Å²) in [5.41, 5.74) is 6.77. The smallest absolute Gasteiger partial charge is 0.124 e. The number of hydrogen-bond acceptors (Lipinski definition) is 4. The van der Waals surface area contributed by atoms with Gasteiger partial charge in [-0.1, -0.05) is 6.07 Å². The van der Waals surface area contributed by atoms with Crippen molar-refractivity contribution in [2.45, 2.75) is 6.61 Å². The van der Waals surface area contributed by atoms with Gasteiger partial charge in [0, 0.05) is 23.4 Å². The molecule has 3 N–H and O–H groups in total. The molecule has 2 aromatic rings. The second-order valence-electron chi connectivity index (χ2n) is 3.86. The monoisotopic (exact) mass is 245 g/mol. The van der Waals surface area contributed by atoms with E-state index in [9.17, 15) is 5.11 Å². The number of aromatic hydroxyl groups is 1. The summed E-state index contributed by atoms with van der Waals surface area (Å²) in [5.74, 6) is 1.55. The lowest BCUT2D eigenvalue weighted by Crippen LogP contribution is -1.97.